The van der Waals surface area contributed by atoms with Gasteiger partial charge >= 0.3 is 0 Å². The molecule has 1 atom stereocenters. The number of halogens is 1. The van der Waals surface area contributed by atoms with Crippen LogP contribution in [-0.4, -0.2) is 18.5 Å². The van der Waals surface area contributed by atoms with Crippen molar-refractivity contribution < 1.29 is 4.79 Å². The lowest BCUT2D eigenvalue weighted by Crippen LogP contribution is -2.38. The van der Waals surface area contributed by atoms with Crippen molar-refractivity contribution in [2.75, 3.05) is 6.54 Å². The number of benzene rings is 2. The van der Waals surface area contributed by atoms with Crippen LogP contribution in [-0.2, 0) is 17.6 Å². The molecule has 2 aromatic rings. The third kappa shape index (κ3) is 7.16. The van der Waals surface area contributed by atoms with E-state index in [1.807, 2.05) is 43.3 Å². The zero-order valence-corrected chi connectivity index (χ0v) is 15.0. The van der Waals surface area contributed by atoms with E-state index in [9.17, 15) is 4.79 Å². The second kappa shape index (κ2) is 10.8. The molecule has 0 bridgehead atoms. The summed E-state index contributed by atoms with van der Waals surface area (Å²) in [5.74, 6) is 0.365. The van der Waals surface area contributed by atoms with Crippen LogP contribution >= 0.6 is 12.4 Å². The summed E-state index contributed by atoms with van der Waals surface area (Å²) >= 11 is 0. The Morgan fingerprint density at radius 2 is 1.42 bits per heavy atom. The lowest BCUT2D eigenvalue weighted by atomic mass is 9.89. The van der Waals surface area contributed by atoms with Gasteiger partial charge in [0.2, 0.25) is 5.91 Å². The number of hydrogen-bond donors (Lipinski definition) is 2. The van der Waals surface area contributed by atoms with E-state index in [-0.39, 0.29) is 30.3 Å². The molecule has 3 N–H and O–H groups in total. The maximum Gasteiger partial charge on any atom is 0.220 e. The highest BCUT2D eigenvalue weighted by molar-refractivity contribution is 5.85. The zero-order valence-electron chi connectivity index (χ0n) is 14.2. The number of carbonyl (C=O) groups is 1. The van der Waals surface area contributed by atoms with Crippen molar-refractivity contribution in [3.63, 3.8) is 0 Å². The fourth-order valence-corrected chi connectivity index (χ4v) is 2.77. The zero-order chi connectivity index (χ0) is 16.5. The molecule has 0 spiro atoms. The summed E-state index contributed by atoms with van der Waals surface area (Å²) in [5.41, 5.74) is 8.13. The Kier molecular flexibility index (Phi) is 9.13. The van der Waals surface area contributed by atoms with E-state index in [2.05, 4.69) is 29.6 Å². The molecule has 0 aromatic heterocycles. The fraction of sp³-hybridized carbons (Fsp3) is 0.350. The molecule has 0 unspecified atom stereocenters. The first-order valence-corrected chi connectivity index (χ1v) is 8.24. The van der Waals surface area contributed by atoms with E-state index in [1.165, 1.54) is 11.1 Å². The van der Waals surface area contributed by atoms with Crippen LogP contribution in [0.4, 0.5) is 0 Å². The molecule has 2 aromatic carbocycles. The molecule has 0 fully saturated rings. The number of carbonyl (C=O) groups excluding carboxylic acids is 1. The van der Waals surface area contributed by atoms with E-state index in [4.69, 9.17) is 5.73 Å². The molecule has 1 amide bonds. The third-order valence-corrected chi connectivity index (χ3v) is 3.97. The quantitative estimate of drug-likeness (QED) is 0.770. The normalized spacial score (nSPS) is 11.6. The smallest absolute Gasteiger partial charge is 0.220 e. The van der Waals surface area contributed by atoms with Gasteiger partial charge in [-0.25, -0.2) is 0 Å². The molecule has 0 saturated heterocycles. The van der Waals surface area contributed by atoms with E-state index < -0.39 is 0 Å². The summed E-state index contributed by atoms with van der Waals surface area (Å²) in [6, 6.07) is 20.7. The molecule has 130 valence electrons. The number of hydrogen-bond acceptors (Lipinski definition) is 2. The maximum absolute atomic E-state index is 12.2. The number of amides is 1. The van der Waals surface area contributed by atoms with Gasteiger partial charge in [-0.2, -0.15) is 0 Å². The first-order valence-electron chi connectivity index (χ1n) is 8.24. The standard InChI is InChI=1S/C20H26N2O.ClH/c1-16(15-21)22-20(23)14-19(12-17-8-4-2-5-9-17)13-18-10-6-3-7-11-18;/h2-11,16,19H,12-15,21H2,1H3,(H,22,23);1H/t16-;/m0./s1. The molecule has 4 heteroatoms. The molecule has 0 aliphatic rings. The van der Waals surface area contributed by atoms with Crippen molar-refractivity contribution >= 4 is 18.3 Å². The molecule has 24 heavy (non-hydrogen) atoms. The van der Waals surface area contributed by atoms with Crippen LogP contribution in [0.3, 0.4) is 0 Å². The van der Waals surface area contributed by atoms with E-state index in [0.717, 1.165) is 12.8 Å². The van der Waals surface area contributed by atoms with E-state index in [1.54, 1.807) is 0 Å². The van der Waals surface area contributed by atoms with Crippen molar-refractivity contribution in [2.45, 2.75) is 32.2 Å². The van der Waals surface area contributed by atoms with Gasteiger partial charge in [0.25, 0.3) is 0 Å². The molecular formula is C20H27ClN2O. The fourth-order valence-electron chi connectivity index (χ4n) is 2.77. The molecule has 0 heterocycles. The molecule has 2 rings (SSSR count). The Bertz CT molecular complexity index is 548. The van der Waals surface area contributed by atoms with Crippen LogP contribution in [0, 0.1) is 5.92 Å². The van der Waals surface area contributed by atoms with E-state index in [0.29, 0.717) is 13.0 Å². The number of rotatable bonds is 8. The largest absolute Gasteiger partial charge is 0.352 e. The monoisotopic (exact) mass is 346 g/mol. The summed E-state index contributed by atoms with van der Waals surface area (Å²) in [5, 5.41) is 2.97. The highest BCUT2D eigenvalue weighted by Crippen LogP contribution is 2.18. The van der Waals surface area contributed by atoms with Crippen LogP contribution in [0.5, 0.6) is 0 Å². The minimum absolute atomic E-state index is 0. The van der Waals surface area contributed by atoms with Crippen molar-refractivity contribution in [1.29, 1.82) is 0 Å². The van der Waals surface area contributed by atoms with Crippen molar-refractivity contribution in [3.05, 3.63) is 71.8 Å². The molecule has 0 radical (unpaired) electrons. The predicted molar refractivity (Wildman–Crippen MR) is 102 cm³/mol. The van der Waals surface area contributed by atoms with Crippen molar-refractivity contribution in [3.8, 4) is 0 Å². The Balaban J connectivity index is 0.00000288. The minimum Gasteiger partial charge on any atom is -0.352 e. The van der Waals surface area contributed by atoms with E-state index >= 15 is 0 Å². The molecule has 0 aliphatic carbocycles. The van der Waals surface area contributed by atoms with Crippen LogP contribution in [0.25, 0.3) is 0 Å². The molecule has 3 nitrogen and oxygen atoms in total. The third-order valence-electron chi connectivity index (χ3n) is 3.97. The van der Waals surface area contributed by atoms with Gasteiger partial charge in [-0.3, -0.25) is 4.79 Å². The first-order chi connectivity index (χ1) is 11.2. The number of nitrogens with one attached hydrogen (secondary N) is 1. The summed E-state index contributed by atoms with van der Waals surface area (Å²) in [7, 11) is 0. The Hall–Kier alpha value is -1.84. The Morgan fingerprint density at radius 3 is 1.83 bits per heavy atom. The maximum atomic E-state index is 12.2. The van der Waals surface area contributed by atoms with Crippen molar-refractivity contribution in [2.24, 2.45) is 11.7 Å². The summed E-state index contributed by atoms with van der Waals surface area (Å²) in [6.07, 6.45) is 2.33. The van der Waals surface area contributed by atoms with Gasteiger partial charge in [-0.05, 0) is 36.8 Å². The molecule has 0 saturated carbocycles. The topological polar surface area (TPSA) is 55.1 Å². The summed E-state index contributed by atoms with van der Waals surface area (Å²) in [4.78, 5) is 12.2. The predicted octanol–water partition coefficient (Wildman–Crippen LogP) is 3.36. The lowest BCUT2D eigenvalue weighted by Gasteiger charge is -2.19. The van der Waals surface area contributed by atoms with Gasteiger partial charge < -0.3 is 11.1 Å². The lowest BCUT2D eigenvalue weighted by molar-refractivity contribution is -0.122. The first kappa shape index (κ1) is 20.2. The number of nitrogens with two attached hydrogens (primary N) is 1. The van der Waals surface area contributed by atoms with Gasteiger partial charge in [-0.15, -0.1) is 12.4 Å². The van der Waals surface area contributed by atoms with Crippen LogP contribution in [0.2, 0.25) is 0 Å². The summed E-state index contributed by atoms with van der Waals surface area (Å²) in [6.45, 7) is 2.40. The SMILES string of the molecule is C[C@@H](CN)NC(=O)CC(Cc1ccccc1)Cc1ccccc1.Cl. The van der Waals surface area contributed by atoms with Gasteiger partial charge in [-0.1, -0.05) is 60.7 Å². The van der Waals surface area contributed by atoms with Gasteiger partial charge in [0.05, 0.1) is 0 Å². The van der Waals surface area contributed by atoms with Crippen LogP contribution in [0.1, 0.15) is 24.5 Å². The average molecular weight is 347 g/mol. The highest BCUT2D eigenvalue weighted by Gasteiger charge is 2.16. The Morgan fingerprint density at radius 1 is 0.958 bits per heavy atom. The Labute approximate surface area is 151 Å². The molecular weight excluding hydrogens is 320 g/mol. The van der Waals surface area contributed by atoms with Crippen LogP contribution in [0.15, 0.2) is 60.7 Å². The second-order valence-electron chi connectivity index (χ2n) is 6.15. The second-order valence-corrected chi connectivity index (χ2v) is 6.15. The summed E-state index contributed by atoms with van der Waals surface area (Å²) < 4.78 is 0. The van der Waals surface area contributed by atoms with Gasteiger partial charge in [0, 0.05) is 19.0 Å². The molecule has 0 aliphatic heterocycles. The minimum atomic E-state index is 0. The van der Waals surface area contributed by atoms with Crippen molar-refractivity contribution in [1.82, 2.24) is 5.32 Å². The van der Waals surface area contributed by atoms with Crippen LogP contribution < -0.4 is 11.1 Å². The average Bonchev–Trinajstić information content (AvgIpc) is 2.56. The highest BCUT2D eigenvalue weighted by atomic mass is 35.5. The van der Waals surface area contributed by atoms with Gasteiger partial charge in [0.1, 0.15) is 0 Å². The van der Waals surface area contributed by atoms with Gasteiger partial charge in [0.15, 0.2) is 0 Å².